The molecule has 0 bridgehead atoms. The molecule has 0 saturated carbocycles. The molecular weight excluding hydrogens is 477 g/mol. The monoisotopic (exact) mass is 500 g/mol. The fourth-order valence-corrected chi connectivity index (χ4v) is 3.32. The topological polar surface area (TPSA) is 152 Å². The molecule has 1 aliphatic rings. The maximum absolute atomic E-state index is 12.6. The molecule has 1 fully saturated rings. The number of aliphatic hydroxyl groups excluding tert-OH is 2. The second-order valence-corrected chi connectivity index (χ2v) is 7.50. The second-order valence-electron chi connectivity index (χ2n) is 7.50. The van der Waals surface area contributed by atoms with Crippen molar-refractivity contribution in [3.8, 4) is 0 Å². The number of aromatic nitrogens is 2. The number of nitrogens with zero attached hydrogens (tertiary/aromatic N) is 2. The molecule has 4 N–H and O–H groups in total. The van der Waals surface area contributed by atoms with Crippen molar-refractivity contribution in [2.24, 2.45) is 0 Å². The zero-order valence-electron chi connectivity index (χ0n) is 18.1. The lowest BCUT2D eigenvalue weighted by molar-refractivity contribution is -0.173. The fourth-order valence-electron chi connectivity index (χ4n) is 3.32. The van der Waals surface area contributed by atoms with Crippen molar-refractivity contribution in [3.63, 3.8) is 0 Å². The van der Waals surface area contributed by atoms with Gasteiger partial charge in [0, 0.05) is 24.9 Å². The Balaban J connectivity index is 1.65. The van der Waals surface area contributed by atoms with Gasteiger partial charge in [0.2, 0.25) is 0 Å². The molecule has 0 radical (unpaired) electrons. The molecular formula is C21H23F3N4O7. The van der Waals surface area contributed by atoms with E-state index in [1.807, 2.05) is 0 Å². The quantitative estimate of drug-likeness (QED) is 0.357. The van der Waals surface area contributed by atoms with Gasteiger partial charge < -0.3 is 30.3 Å². The van der Waals surface area contributed by atoms with Crippen molar-refractivity contribution in [2.45, 2.75) is 37.1 Å². The Morgan fingerprint density at radius 1 is 1.20 bits per heavy atom. The third kappa shape index (κ3) is 6.63. The van der Waals surface area contributed by atoms with Crippen LogP contribution >= 0.6 is 0 Å². The molecule has 0 aliphatic carbocycles. The number of alkyl halides is 3. The summed E-state index contributed by atoms with van der Waals surface area (Å²) in [5.74, 6) is -2.60. The van der Waals surface area contributed by atoms with Crippen LogP contribution in [-0.2, 0) is 14.3 Å². The lowest BCUT2D eigenvalue weighted by Crippen LogP contribution is -2.39. The normalized spacial score (nSPS) is 22.1. The second kappa shape index (κ2) is 11.4. The highest BCUT2D eigenvalue weighted by molar-refractivity contribution is 6.03. The highest BCUT2D eigenvalue weighted by Gasteiger charge is 2.45. The lowest BCUT2D eigenvalue weighted by Gasteiger charge is -2.22. The van der Waals surface area contributed by atoms with Gasteiger partial charge in [0.05, 0.1) is 6.61 Å². The number of hydrogen-bond acceptors (Lipinski definition) is 8. The van der Waals surface area contributed by atoms with Gasteiger partial charge in [-0.15, -0.1) is 0 Å². The maximum Gasteiger partial charge on any atom is 0.471 e. The van der Waals surface area contributed by atoms with Crippen molar-refractivity contribution in [2.75, 3.05) is 25.1 Å². The minimum atomic E-state index is -5.00. The van der Waals surface area contributed by atoms with Crippen LogP contribution in [0.25, 0.3) is 0 Å². The Hall–Kier alpha value is -3.33. The molecule has 3 rings (SSSR count). The third-order valence-corrected chi connectivity index (χ3v) is 5.05. The first-order valence-electron chi connectivity index (χ1n) is 10.5. The van der Waals surface area contributed by atoms with Gasteiger partial charge in [0.1, 0.15) is 24.1 Å². The summed E-state index contributed by atoms with van der Waals surface area (Å²) in [5.41, 5.74) is -0.496. The number of rotatable bonds is 9. The summed E-state index contributed by atoms with van der Waals surface area (Å²) in [6.07, 6.45) is -8.62. The highest BCUT2D eigenvalue weighted by Crippen LogP contribution is 2.31. The summed E-state index contributed by atoms with van der Waals surface area (Å²) in [4.78, 5) is 39.5. The van der Waals surface area contributed by atoms with E-state index in [0.29, 0.717) is 5.56 Å². The van der Waals surface area contributed by atoms with Crippen LogP contribution in [-0.4, -0.2) is 75.8 Å². The number of hydrogen-bond donors (Lipinski definition) is 4. The molecule has 190 valence electrons. The summed E-state index contributed by atoms with van der Waals surface area (Å²) in [5, 5.41) is 24.0. The molecule has 0 unspecified atom stereocenters. The van der Waals surface area contributed by atoms with Crippen LogP contribution in [0.3, 0.4) is 0 Å². The third-order valence-electron chi connectivity index (χ3n) is 5.05. The first-order valence-corrected chi connectivity index (χ1v) is 10.5. The van der Waals surface area contributed by atoms with Gasteiger partial charge in [-0.25, -0.2) is 4.79 Å². The predicted octanol–water partition coefficient (Wildman–Crippen LogP) is 0.200. The van der Waals surface area contributed by atoms with Crippen LogP contribution in [0.5, 0.6) is 0 Å². The number of anilines is 1. The number of aliphatic hydroxyl groups is 2. The van der Waals surface area contributed by atoms with Gasteiger partial charge in [0.15, 0.2) is 6.23 Å². The van der Waals surface area contributed by atoms with Crippen molar-refractivity contribution < 1.29 is 42.4 Å². The van der Waals surface area contributed by atoms with Crippen LogP contribution < -0.4 is 16.3 Å². The van der Waals surface area contributed by atoms with Crippen LogP contribution in [0.2, 0.25) is 0 Å². The van der Waals surface area contributed by atoms with Gasteiger partial charge in [0.25, 0.3) is 5.91 Å². The van der Waals surface area contributed by atoms with E-state index >= 15 is 0 Å². The Morgan fingerprint density at radius 3 is 2.54 bits per heavy atom. The van der Waals surface area contributed by atoms with Crippen molar-refractivity contribution in [1.29, 1.82) is 0 Å². The van der Waals surface area contributed by atoms with E-state index in [0.717, 1.165) is 4.57 Å². The first kappa shape index (κ1) is 26.3. The minimum absolute atomic E-state index is 0.0286. The Bertz CT molecular complexity index is 1080. The van der Waals surface area contributed by atoms with E-state index in [1.54, 1.807) is 35.6 Å². The smallest absolute Gasteiger partial charge is 0.394 e. The van der Waals surface area contributed by atoms with Crippen LogP contribution in [0.1, 0.15) is 23.0 Å². The number of halogens is 3. The van der Waals surface area contributed by atoms with E-state index < -0.39 is 54.8 Å². The average molecular weight is 500 g/mol. The number of carbonyl (C=O) groups is 2. The first-order chi connectivity index (χ1) is 16.6. The number of carbonyl (C=O) groups excluding carboxylic acids is 2. The zero-order chi connectivity index (χ0) is 25.6. The molecule has 1 aromatic heterocycles. The van der Waals surface area contributed by atoms with E-state index in [1.165, 1.54) is 12.3 Å². The molecule has 0 spiro atoms. The van der Waals surface area contributed by atoms with E-state index in [-0.39, 0.29) is 25.4 Å². The summed E-state index contributed by atoms with van der Waals surface area (Å²) in [7, 11) is 0. The largest absolute Gasteiger partial charge is 0.471 e. The molecule has 2 aromatic rings. The van der Waals surface area contributed by atoms with Crippen LogP contribution in [0.4, 0.5) is 19.0 Å². The molecule has 1 aliphatic heterocycles. The molecule has 4 atom stereocenters. The summed E-state index contributed by atoms with van der Waals surface area (Å²) in [6, 6.07) is 9.57. The minimum Gasteiger partial charge on any atom is -0.394 e. The molecule has 1 aromatic carbocycles. The summed E-state index contributed by atoms with van der Waals surface area (Å²) < 4.78 is 48.7. The molecule has 14 heteroatoms. The van der Waals surface area contributed by atoms with E-state index in [9.17, 15) is 37.8 Å². The summed E-state index contributed by atoms with van der Waals surface area (Å²) >= 11 is 0. The number of nitrogens with one attached hydrogen (secondary N) is 2. The van der Waals surface area contributed by atoms with Crippen LogP contribution in [0, 0.1) is 0 Å². The fraction of sp³-hybridized carbons (Fsp3) is 0.429. The average Bonchev–Trinajstić information content (AvgIpc) is 3.13. The predicted molar refractivity (Wildman–Crippen MR) is 113 cm³/mol. The molecule has 2 amide bonds. The molecule has 2 heterocycles. The maximum atomic E-state index is 12.6. The Labute approximate surface area is 196 Å². The van der Waals surface area contributed by atoms with Gasteiger partial charge in [-0.3, -0.25) is 14.2 Å². The molecule has 35 heavy (non-hydrogen) atoms. The molecule has 11 nitrogen and oxygen atoms in total. The van der Waals surface area contributed by atoms with Crippen molar-refractivity contribution in [3.05, 3.63) is 58.6 Å². The van der Waals surface area contributed by atoms with Gasteiger partial charge >= 0.3 is 17.8 Å². The number of benzene rings is 1. The molecule has 1 saturated heterocycles. The van der Waals surface area contributed by atoms with Gasteiger partial charge in [-0.1, -0.05) is 18.2 Å². The van der Waals surface area contributed by atoms with Crippen molar-refractivity contribution >= 4 is 17.6 Å². The Morgan fingerprint density at radius 2 is 1.91 bits per heavy atom. The van der Waals surface area contributed by atoms with E-state index in [4.69, 9.17) is 9.47 Å². The SMILES string of the molecule is O=C(Nc1ccn([C@@H]2O[C@H](CO)[C@@H](O)[C@H]2OCCCNC(=O)C(F)(F)F)c(=O)n1)c1ccccc1. The lowest BCUT2D eigenvalue weighted by atomic mass is 10.1. The Kier molecular flexibility index (Phi) is 8.56. The van der Waals surface area contributed by atoms with E-state index in [2.05, 4.69) is 10.3 Å². The highest BCUT2D eigenvalue weighted by atomic mass is 19.4. The summed E-state index contributed by atoms with van der Waals surface area (Å²) in [6.45, 7) is -1.12. The van der Waals surface area contributed by atoms with Crippen LogP contribution in [0.15, 0.2) is 47.4 Å². The van der Waals surface area contributed by atoms with Crippen molar-refractivity contribution in [1.82, 2.24) is 14.9 Å². The standard InChI is InChI=1S/C21H23F3N4O7/c22-21(23,24)19(32)25-8-4-10-34-16-15(30)13(11-29)35-18(16)28-9-7-14(27-20(28)33)26-17(31)12-5-2-1-3-6-12/h1-3,5-7,9,13,15-16,18,29-30H,4,8,10-11H2,(H,25,32)(H,26,27,31,33)/t13-,15-,16-,18-/m1/s1. The number of ether oxygens (including phenoxy) is 2. The number of amides is 2. The zero-order valence-corrected chi connectivity index (χ0v) is 18.1. The van der Waals surface area contributed by atoms with Gasteiger partial charge in [-0.2, -0.15) is 18.2 Å². The van der Waals surface area contributed by atoms with Gasteiger partial charge in [-0.05, 0) is 24.6 Å².